The molecule has 0 aliphatic carbocycles. The molecule has 102 valence electrons. The number of halogens is 3. The minimum absolute atomic E-state index is 0.0326. The molecule has 0 radical (unpaired) electrons. The molecule has 0 fully saturated rings. The van der Waals surface area contributed by atoms with Crippen LogP contribution in [0.2, 0.25) is 5.02 Å². The summed E-state index contributed by atoms with van der Waals surface area (Å²) in [5.74, 6) is -0.735. The third kappa shape index (κ3) is 4.05. The van der Waals surface area contributed by atoms with E-state index >= 15 is 0 Å². The van der Waals surface area contributed by atoms with E-state index < -0.39 is 5.82 Å². The second-order valence-electron chi connectivity index (χ2n) is 3.98. The number of amides is 1. The van der Waals surface area contributed by atoms with Gasteiger partial charge >= 0.3 is 0 Å². The predicted molar refractivity (Wildman–Crippen MR) is 88.2 cm³/mol. The highest BCUT2D eigenvalue weighted by Crippen LogP contribution is 2.18. The number of benzene rings is 2. The van der Waals surface area contributed by atoms with E-state index in [1.165, 1.54) is 18.2 Å². The van der Waals surface area contributed by atoms with Gasteiger partial charge in [-0.1, -0.05) is 29.8 Å². The highest BCUT2D eigenvalue weighted by Gasteiger charge is 2.02. The third-order valence-corrected chi connectivity index (χ3v) is 3.73. The van der Waals surface area contributed by atoms with Crippen molar-refractivity contribution in [1.82, 2.24) is 0 Å². The van der Waals surface area contributed by atoms with E-state index in [9.17, 15) is 9.18 Å². The molecule has 20 heavy (non-hydrogen) atoms. The third-order valence-electron chi connectivity index (χ3n) is 2.50. The van der Waals surface area contributed by atoms with Crippen molar-refractivity contribution in [3.05, 3.63) is 68.5 Å². The summed E-state index contributed by atoms with van der Waals surface area (Å²) in [6.07, 6.45) is 2.96. The van der Waals surface area contributed by atoms with E-state index in [1.54, 1.807) is 12.1 Å². The van der Waals surface area contributed by atoms with Gasteiger partial charge in [-0.3, -0.25) is 4.79 Å². The lowest BCUT2D eigenvalue weighted by molar-refractivity contribution is -0.111. The highest BCUT2D eigenvalue weighted by molar-refractivity contribution is 14.1. The van der Waals surface area contributed by atoms with Gasteiger partial charge in [0.2, 0.25) is 5.91 Å². The zero-order chi connectivity index (χ0) is 14.5. The molecule has 5 heteroatoms. The summed E-state index contributed by atoms with van der Waals surface area (Å²) in [6.45, 7) is 0. The molecule has 2 aromatic rings. The van der Waals surface area contributed by atoms with Crippen LogP contribution >= 0.6 is 34.2 Å². The van der Waals surface area contributed by atoms with Crippen LogP contribution in [0.25, 0.3) is 6.08 Å². The second kappa shape index (κ2) is 6.85. The number of para-hydroxylation sites is 1. The van der Waals surface area contributed by atoms with Gasteiger partial charge in [-0.25, -0.2) is 4.39 Å². The summed E-state index contributed by atoms with van der Waals surface area (Å²) in [5, 5.41) is 2.80. The van der Waals surface area contributed by atoms with E-state index in [2.05, 4.69) is 27.9 Å². The van der Waals surface area contributed by atoms with Crippen molar-refractivity contribution in [2.75, 3.05) is 5.32 Å². The van der Waals surface area contributed by atoms with Crippen LogP contribution < -0.4 is 5.32 Å². The maximum atomic E-state index is 13.0. The molecule has 0 atom stereocenters. The van der Waals surface area contributed by atoms with Crippen molar-refractivity contribution in [3.63, 3.8) is 0 Å². The number of nitrogens with one attached hydrogen (secondary N) is 1. The van der Waals surface area contributed by atoms with Crippen LogP contribution in [-0.2, 0) is 4.79 Å². The number of rotatable bonds is 3. The van der Waals surface area contributed by atoms with Crippen LogP contribution in [-0.4, -0.2) is 5.91 Å². The van der Waals surface area contributed by atoms with Gasteiger partial charge in [-0.15, -0.1) is 0 Å². The summed E-state index contributed by atoms with van der Waals surface area (Å²) >= 11 is 7.81. The molecule has 0 saturated heterocycles. The van der Waals surface area contributed by atoms with Gasteiger partial charge in [0.1, 0.15) is 5.82 Å². The van der Waals surface area contributed by atoms with Gasteiger partial charge in [-0.2, -0.15) is 0 Å². The van der Waals surface area contributed by atoms with E-state index in [1.807, 2.05) is 24.3 Å². The Bertz CT molecular complexity index is 673. The molecule has 1 N–H and O–H groups in total. The molecule has 1 amide bonds. The first-order chi connectivity index (χ1) is 9.56. The van der Waals surface area contributed by atoms with E-state index in [-0.39, 0.29) is 10.9 Å². The topological polar surface area (TPSA) is 29.1 Å². The van der Waals surface area contributed by atoms with Crippen molar-refractivity contribution in [1.29, 1.82) is 0 Å². The number of anilines is 1. The first-order valence-corrected chi connectivity index (χ1v) is 7.20. The smallest absolute Gasteiger partial charge is 0.248 e. The van der Waals surface area contributed by atoms with Gasteiger partial charge in [0.15, 0.2) is 0 Å². The first-order valence-electron chi connectivity index (χ1n) is 5.75. The van der Waals surface area contributed by atoms with Gasteiger partial charge in [0, 0.05) is 9.65 Å². The number of carbonyl (C=O) groups excluding carboxylic acids is 1. The van der Waals surface area contributed by atoms with Gasteiger partial charge in [0.25, 0.3) is 0 Å². The number of hydrogen-bond acceptors (Lipinski definition) is 1. The molecule has 0 heterocycles. The van der Waals surface area contributed by atoms with Crippen molar-refractivity contribution in [2.24, 2.45) is 0 Å². The van der Waals surface area contributed by atoms with Crippen molar-refractivity contribution < 1.29 is 9.18 Å². The molecule has 0 aliphatic heterocycles. The number of hydrogen-bond donors (Lipinski definition) is 1. The SMILES string of the molecule is O=C(/C=C/c1ccc(F)c(Cl)c1)Nc1ccccc1I. The molecule has 2 nitrogen and oxygen atoms in total. The fourth-order valence-corrected chi connectivity index (χ4v) is 2.24. The van der Waals surface area contributed by atoms with Gasteiger partial charge < -0.3 is 5.32 Å². The average Bonchev–Trinajstić information content (AvgIpc) is 2.43. The fraction of sp³-hybridized carbons (Fsp3) is 0. The maximum absolute atomic E-state index is 13.0. The summed E-state index contributed by atoms with van der Waals surface area (Å²) in [4.78, 5) is 11.8. The quantitative estimate of drug-likeness (QED) is 0.584. The minimum Gasteiger partial charge on any atom is -0.322 e. The Hall–Kier alpha value is -1.40. The molecule has 2 rings (SSSR count). The number of carbonyl (C=O) groups is 1. The molecule has 0 spiro atoms. The molecular weight excluding hydrogens is 392 g/mol. The Morgan fingerprint density at radius 3 is 2.70 bits per heavy atom. The van der Waals surface area contributed by atoms with E-state index in [4.69, 9.17) is 11.6 Å². The lowest BCUT2D eigenvalue weighted by atomic mass is 10.2. The zero-order valence-corrected chi connectivity index (χ0v) is 13.2. The van der Waals surface area contributed by atoms with Crippen molar-refractivity contribution >= 4 is 51.9 Å². The highest BCUT2D eigenvalue weighted by atomic mass is 127. The average molecular weight is 402 g/mol. The van der Waals surface area contributed by atoms with Crippen molar-refractivity contribution in [3.8, 4) is 0 Å². The fourth-order valence-electron chi connectivity index (χ4n) is 1.52. The molecule has 0 saturated carbocycles. The summed E-state index contributed by atoms with van der Waals surface area (Å²) in [6, 6.07) is 11.8. The van der Waals surface area contributed by atoms with Crippen LogP contribution in [0, 0.1) is 9.39 Å². The Labute approximate surface area is 134 Å². The molecular formula is C15H10ClFINO. The van der Waals surface area contributed by atoms with Crippen LogP contribution in [0.4, 0.5) is 10.1 Å². The standard InChI is InChI=1S/C15H10ClFINO/c16-11-9-10(5-7-12(11)17)6-8-15(20)19-14-4-2-1-3-13(14)18/h1-9H,(H,19,20)/b8-6+. The Kier molecular flexibility index (Phi) is 5.14. The molecule has 0 bridgehead atoms. The van der Waals surface area contributed by atoms with E-state index in [0.717, 1.165) is 9.26 Å². The van der Waals surface area contributed by atoms with Crippen LogP contribution in [0.15, 0.2) is 48.5 Å². The maximum Gasteiger partial charge on any atom is 0.248 e. The molecule has 0 unspecified atom stereocenters. The summed E-state index contributed by atoms with van der Waals surface area (Å²) in [5.41, 5.74) is 1.41. The van der Waals surface area contributed by atoms with Crippen LogP contribution in [0.3, 0.4) is 0 Å². The van der Waals surface area contributed by atoms with E-state index in [0.29, 0.717) is 5.56 Å². The van der Waals surface area contributed by atoms with Crippen LogP contribution in [0.1, 0.15) is 5.56 Å². The minimum atomic E-state index is -0.480. The Balaban J connectivity index is 2.06. The molecule has 2 aromatic carbocycles. The lowest BCUT2D eigenvalue weighted by Crippen LogP contribution is -2.08. The molecule has 0 aliphatic rings. The Morgan fingerprint density at radius 2 is 2.00 bits per heavy atom. The van der Waals surface area contributed by atoms with Gasteiger partial charge in [0.05, 0.1) is 10.7 Å². The van der Waals surface area contributed by atoms with Gasteiger partial charge in [-0.05, 0) is 58.5 Å². The summed E-state index contributed by atoms with van der Waals surface area (Å²) in [7, 11) is 0. The first kappa shape index (κ1) is 15.0. The normalized spacial score (nSPS) is 10.8. The molecule has 0 aromatic heterocycles. The summed E-state index contributed by atoms with van der Waals surface area (Å²) < 4.78 is 13.9. The van der Waals surface area contributed by atoms with Crippen molar-refractivity contribution in [2.45, 2.75) is 0 Å². The largest absolute Gasteiger partial charge is 0.322 e. The lowest BCUT2D eigenvalue weighted by Gasteiger charge is -2.04. The monoisotopic (exact) mass is 401 g/mol. The Morgan fingerprint density at radius 1 is 1.25 bits per heavy atom. The predicted octanol–water partition coefficient (Wildman–Crippen LogP) is 4.74. The van der Waals surface area contributed by atoms with Crippen LogP contribution in [0.5, 0.6) is 0 Å². The second-order valence-corrected chi connectivity index (χ2v) is 5.55. The zero-order valence-electron chi connectivity index (χ0n) is 10.2.